The zero-order valence-electron chi connectivity index (χ0n) is 22.6. The third kappa shape index (κ3) is 5.98. The van der Waals surface area contributed by atoms with Crippen molar-refractivity contribution in [1.29, 1.82) is 5.26 Å². The molecule has 0 atom stereocenters. The monoisotopic (exact) mass is 544 g/mol. The van der Waals surface area contributed by atoms with Gasteiger partial charge in [0.2, 0.25) is 5.91 Å². The number of nitrogens with zero attached hydrogens (tertiary/aromatic N) is 3. The summed E-state index contributed by atoms with van der Waals surface area (Å²) in [5.74, 6) is 1.12. The number of rotatable bonds is 8. The summed E-state index contributed by atoms with van der Waals surface area (Å²) in [7, 11) is 1.63. The molecule has 0 spiro atoms. The van der Waals surface area contributed by atoms with Crippen LogP contribution in [0.4, 0.5) is 5.69 Å². The average Bonchev–Trinajstić information content (AvgIpc) is 2.97. The molecule has 0 saturated carbocycles. The Kier molecular flexibility index (Phi) is 8.09. The Morgan fingerprint density at radius 3 is 2.40 bits per heavy atom. The fourth-order valence-corrected chi connectivity index (χ4v) is 5.41. The van der Waals surface area contributed by atoms with E-state index in [1.807, 2.05) is 98.8 Å². The van der Waals surface area contributed by atoms with Crippen LogP contribution >= 0.6 is 11.8 Å². The van der Waals surface area contributed by atoms with Gasteiger partial charge in [0.1, 0.15) is 16.8 Å². The van der Waals surface area contributed by atoms with Crippen LogP contribution in [-0.2, 0) is 4.79 Å². The Hall–Kier alpha value is -4.67. The van der Waals surface area contributed by atoms with Gasteiger partial charge in [-0.15, -0.1) is 11.8 Å². The van der Waals surface area contributed by atoms with Gasteiger partial charge < -0.3 is 10.1 Å². The fourth-order valence-electron chi connectivity index (χ4n) is 4.47. The number of amides is 1. The first-order valence-corrected chi connectivity index (χ1v) is 13.9. The van der Waals surface area contributed by atoms with E-state index in [9.17, 15) is 10.1 Å². The van der Waals surface area contributed by atoms with Gasteiger partial charge in [-0.25, -0.2) is 4.98 Å². The van der Waals surface area contributed by atoms with Gasteiger partial charge in [0.05, 0.1) is 29.6 Å². The molecule has 0 saturated heterocycles. The highest BCUT2D eigenvalue weighted by molar-refractivity contribution is 7.99. The first-order valence-electron chi connectivity index (χ1n) is 12.9. The molecule has 0 aliphatic carbocycles. The Morgan fingerprint density at radius 2 is 1.68 bits per heavy atom. The topological polar surface area (TPSA) is 87.9 Å². The third-order valence-corrected chi connectivity index (χ3v) is 7.51. The second-order valence-electron chi connectivity index (χ2n) is 9.42. The molecule has 2 aromatic heterocycles. The van der Waals surface area contributed by atoms with Crippen molar-refractivity contribution < 1.29 is 9.53 Å². The number of carbonyl (C=O) groups is 1. The highest BCUT2D eigenvalue weighted by atomic mass is 32.2. The maximum absolute atomic E-state index is 12.9. The van der Waals surface area contributed by atoms with E-state index in [1.54, 1.807) is 7.11 Å². The number of hydrogen-bond acceptors (Lipinski definition) is 6. The number of thioether (sulfide) groups is 1. The number of ether oxygens (including phenoxy) is 1. The van der Waals surface area contributed by atoms with Crippen molar-refractivity contribution in [3.63, 3.8) is 0 Å². The molecule has 198 valence electrons. The van der Waals surface area contributed by atoms with E-state index < -0.39 is 0 Å². The van der Waals surface area contributed by atoms with Crippen LogP contribution in [0.2, 0.25) is 0 Å². The Labute approximate surface area is 238 Å². The maximum atomic E-state index is 12.9. The van der Waals surface area contributed by atoms with Crippen LogP contribution in [0.1, 0.15) is 23.2 Å². The number of aromatic nitrogens is 2. The third-order valence-electron chi connectivity index (χ3n) is 6.53. The quantitative estimate of drug-likeness (QED) is 0.203. The van der Waals surface area contributed by atoms with E-state index in [2.05, 4.69) is 16.4 Å². The zero-order chi connectivity index (χ0) is 28.1. The molecule has 0 radical (unpaired) electrons. The Bertz CT molecular complexity index is 1730. The van der Waals surface area contributed by atoms with Crippen LogP contribution in [0.3, 0.4) is 0 Å². The van der Waals surface area contributed by atoms with Gasteiger partial charge in [0.15, 0.2) is 0 Å². The van der Waals surface area contributed by atoms with Crippen molar-refractivity contribution in [3.05, 3.63) is 102 Å². The second-order valence-corrected chi connectivity index (χ2v) is 10.5. The number of methoxy groups -OCH3 is 1. The molecule has 5 aromatic rings. The first kappa shape index (κ1) is 26.9. The Morgan fingerprint density at radius 1 is 0.950 bits per heavy atom. The van der Waals surface area contributed by atoms with Crippen LogP contribution in [0, 0.1) is 25.2 Å². The minimum atomic E-state index is -0.105. The van der Waals surface area contributed by atoms with Crippen LogP contribution in [0.15, 0.2) is 90.0 Å². The van der Waals surface area contributed by atoms with Crippen LogP contribution < -0.4 is 10.1 Å². The molecule has 2 heterocycles. The van der Waals surface area contributed by atoms with Gasteiger partial charge in [-0.3, -0.25) is 9.78 Å². The van der Waals surface area contributed by atoms with E-state index in [0.29, 0.717) is 16.3 Å². The van der Waals surface area contributed by atoms with E-state index in [0.717, 1.165) is 56.0 Å². The fraction of sp³-hybridized carbons (Fsp3) is 0.152. The number of pyridine rings is 2. The first-order chi connectivity index (χ1) is 19.4. The van der Waals surface area contributed by atoms with Crippen molar-refractivity contribution in [2.45, 2.75) is 25.3 Å². The normalized spacial score (nSPS) is 10.8. The highest BCUT2D eigenvalue weighted by Gasteiger charge is 2.17. The lowest BCUT2D eigenvalue weighted by molar-refractivity contribution is -0.115. The summed E-state index contributed by atoms with van der Waals surface area (Å²) >= 11 is 1.41. The molecule has 5 rings (SSSR count). The maximum Gasteiger partial charge on any atom is 0.225 e. The summed E-state index contributed by atoms with van der Waals surface area (Å²) < 4.78 is 5.31. The van der Waals surface area contributed by atoms with Crippen molar-refractivity contribution in [2.75, 3.05) is 18.2 Å². The number of anilines is 1. The molecule has 7 heteroatoms. The predicted octanol–water partition coefficient (Wildman–Crippen LogP) is 7.58. The molecule has 0 bridgehead atoms. The van der Waals surface area contributed by atoms with Crippen LogP contribution in [0.5, 0.6) is 5.75 Å². The number of nitriles is 1. The molecule has 0 fully saturated rings. The van der Waals surface area contributed by atoms with Gasteiger partial charge in [-0.05, 0) is 61.9 Å². The van der Waals surface area contributed by atoms with Crippen molar-refractivity contribution >= 4 is 34.3 Å². The van der Waals surface area contributed by atoms with Gasteiger partial charge in [0.25, 0.3) is 0 Å². The number of fused-ring (bicyclic) bond motifs is 1. The Balaban J connectivity index is 1.41. The van der Waals surface area contributed by atoms with Gasteiger partial charge in [0, 0.05) is 34.4 Å². The molecule has 1 amide bonds. The van der Waals surface area contributed by atoms with E-state index in [-0.39, 0.29) is 12.3 Å². The molecular weight excluding hydrogens is 516 g/mol. The largest absolute Gasteiger partial charge is 0.497 e. The number of nitrogens with one attached hydrogen (secondary N) is 1. The number of aryl methyl sites for hydroxylation is 2. The summed E-state index contributed by atoms with van der Waals surface area (Å²) in [4.78, 5) is 22.3. The van der Waals surface area contributed by atoms with E-state index in [1.165, 1.54) is 11.8 Å². The predicted molar refractivity (Wildman–Crippen MR) is 162 cm³/mol. The lowest BCUT2D eigenvalue weighted by atomic mass is 9.98. The minimum absolute atomic E-state index is 0.105. The van der Waals surface area contributed by atoms with Crippen molar-refractivity contribution in [2.24, 2.45) is 0 Å². The van der Waals surface area contributed by atoms with Gasteiger partial charge in [-0.1, -0.05) is 48.0 Å². The summed E-state index contributed by atoms with van der Waals surface area (Å²) in [6.45, 7) is 3.95. The summed E-state index contributed by atoms with van der Waals surface area (Å²) in [6.07, 6.45) is 0.263. The SMILES string of the molecule is COc1ccc(-c2cc(-c3ccc(C)cc3)c(C#N)c(SCCC(=O)Nc3cc(C)nc4ccccc34)n2)cc1. The zero-order valence-corrected chi connectivity index (χ0v) is 23.4. The standard InChI is InChI=1S/C33H28N4O2S/c1-21-8-10-23(11-9-21)27-19-30(24-12-14-25(39-3)15-13-24)37-33(28(27)20-34)40-17-16-32(38)36-31-18-22(2)35-29-7-5-4-6-26(29)31/h4-15,18-19H,16-17H2,1-3H3,(H,35,36,38). The smallest absolute Gasteiger partial charge is 0.225 e. The number of benzene rings is 3. The number of hydrogen-bond donors (Lipinski definition) is 1. The van der Waals surface area contributed by atoms with Gasteiger partial charge in [-0.2, -0.15) is 5.26 Å². The molecule has 40 heavy (non-hydrogen) atoms. The summed E-state index contributed by atoms with van der Waals surface area (Å²) in [5.41, 5.74) is 7.50. The lowest BCUT2D eigenvalue weighted by Crippen LogP contribution is -2.13. The molecule has 3 aromatic carbocycles. The lowest BCUT2D eigenvalue weighted by Gasteiger charge is -2.13. The average molecular weight is 545 g/mol. The van der Waals surface area contributed by atoms with Crippen LogP contribution in [0.25, 0.3) is 33.3 Å². The molecule has 0 unspecified atom stereocenters. The minimum Gasteiger partial charge on any atom is -0.497 e. The summed E-state index contributed by atoms with van der Waals surface area (Å²) in [5, 5.41) is 14.7. The van der Waals surface area contributed by atoms with Crippen molar-refractivity contribution in [1.82, 2.24) is 9.97 Å². The van der Waals surface area contributed by atoms with Gasteiger partial charge >= 0.3 is 0 Å². The van der Waals surface area contributed by atoms with Crippen LogP contribution in [-0.4, -0.2) is 28.7 Å². The number of carbonyl (C=O) groups excluding carboxylic acids is 1. The highest BCUT2D eigenvalue weighted by Crippen LogP contribution is 2.35. The van der Waals surface area contributed by atoms with Crippen molar-refractivity contribution in [3.8, 4) is 34.2 Å². The number of para-hydroxylation sites is 1. The van der Waals surface area contributed by atoms with E-state index in [4.69, 9.17) is 9.72 Å². The second kappa shape index (κ2) is 12.0. The molecule has 6 nitrogen and oxygen atoms in total. The molecular formula is C33H28N4O2S. The summed E-state index contributed by atoms with van der Waals surface area (Å²) in [6, 6.07) is 29.8. The molecule has 1 N–H and O–H groups in total. The molecule has 0 aliphatic heterocycles. The van der Waals surface area contributed by atoms with E-state index >= 15 is 0 Å². The molecule has 0 aliphatic rings.